The molecule has 0 aliphatic rings. The minimum atomic E-state index is -0.422. The monoisotopic (exact) mass is 283 g/mol. The number of hydrogen-bond donors (Lipinski definition) is 1. The molecule has 0 bridgehead atoms. The lowest BCUT2D eigenvalue weighted by Gasteiger charge is -2.29. The van der Waals surface area contributed by atoms with Crippen LogP contribution in [-0.2, 0) is 16.9 Å². The Labute approximate surface area is 126 Å². The third-order valence-electron chi connectivity index (χ3n) is 3.71. The fourth-order valence-electron chi connectivity index (χ4n) is 2.16. The number of ether oxygens (including phenoxy) is 1. The highest BCUT2D eigenvalue weighted by Crippen LogP contribution is 2.24. The minimum absolute atomic E-state index is 0.279. The molecule has 110 valence electrons. The molecule has 2 aromatic carbocycles. The zero-order valence-electron chi connectivity index (χ0n) is 12.5. The van der Waals surface area contributed by atoms with E-state index in [2.05, 4.69) is 5.32 Å². The third-order valence-corrected chi connectivity index (χ3v) is 3.71. The molecule has 1 amide bonds. The van der Waals surface area contributed by atoms with Crippen molar-refractivity contribution in [1.82, 2.24) is 5.32 Å². The van der Waals surface area contributed by atoms with Crippen molar-refractivity contribution in [1.29, 1.82) is 0 Å². The second-order valence-corrected chi connectivity index (χ2v) is 5.24. The van der Waals surface area contributed by atoms with E-state index in [0.717, 1.165) is 17.5 Å². The first-order valence-electron chi connectivity index (χ1n) is 7.18. The van der Waals surface area contributed by atoms with Crippen molar-refractivity contribution in [3.05, 3.63) is 71.8 Å². The van der Waals surface area contributed by atoms with Crippen LogP contribution in [0.5, 0.6) is 0 Å². The molecule has 0 saturated carbocycles. The van der Waals surface area contributed by atoms with Gasteiger partial charge in [-0.15, -0.1) is 0 Å². The molecule has 3 nitrogen and oxygen atoms in total. The summed E-state index contributed by atoms with van der Waals surface area (Å²) in [5.41, 5.74) is 1.63. The standard InChI is InChI=1S/C18H21NO2/c1-3-18(2,16-12-8-5-9-13-16)19-17(20)21-14-15-10-6-4-7-11-15/h4-13H,3,14H2,1-2H3,(H,19,20)/t18-/m0/s1. The van der Waals surface area contributed by atoms with Crippen molar-refractivity contribution in [3.63, 3.8) is 0 Å². The Morgan fingerprint density at radius 2 is 1.62 bits per heavy atom. The molecule has 0 saturated heterocycles. The third kappa shape index (κ3) is 4.09. The second-order valence-electron chi connectivity index (χ2n) is 5.24. The van der Waals surface area contributed by atoms with Gasteiger partial charge in [0.15, 0.2) is 0 Å². The Morgan fingerprint density at radius 1 is 1.05 bits per heavy atom. The van der Waals surface area contributed by atoms with Crippen LogP contribution in [0.1, 0.15) is 31.4 Å². The van der Waals surface area contributed by atoms with Gasteiger partial charge in [-0.2, -0.15) is 0 Å². The topological polar surface area (TPSA) is 38.3 Å². The summed E-state index contributed by atoms with van der Waals surface area (Å²) in [6.07, 6.45) is 0.393. The normalized spacial score (nSPS) is 13.2. The van der Waals surface area contributed by atoms with E-state index >= 15 is 0 Å². The quantitative estimate of drug-likeness (QED) is 0.891. The lowest BCUT2D eigenvalue weighted by atomic mass is 9.89. The van der Waals surface area contributed by atoms with Crippen LogP contribution in [0.25, 0.3) is 0 Å². The van der Waals surface area contributed by atoms with Crippen LogP contribution < -0.4 is 5.32 Å². The highest BCUT2D eigenvalue weighted by atomic mass is 16.5. The lowest BCUT2D eigenvalue weighted by molar-refractivity contribution is 0.127. The molecule has 1 N–H and O–H groups in total. The minimum Gasteiger partial charge on any atom is -0.445 e. The first kappa shape index (κ1) is 15.1. The molecule has 0 heterocycles. The summed E-state index contributed by atoms with van der Waals surface area (Å²) in [6, 6.07) is 19.6. The molecular weight excluding hydrogens is 262 g/mol. The first-order chi connectivity index (χ1) is 10.1. The Bertz CT molecular complexity index is 568. The maximum atomic E-state index is 12.0. The zero-order valence-corrected chi connectivity index (χ0v) is 12.5. The van der Waals surface area contributed by atoms with Gasteiger partial charge in [-0.25, -0.2) is 4.79 Å². The smallest absolute Gasteiger partial charge is 0.408 e. The Kier molecular flexibility index (Phi) is 4.99. The summed E-state index contributed by atoms with van der Waals surface area (Å²) in [7, 11) is 0. The van der Waals surface area contributed by atoms with Gasteiger partial charge in [-0.05, 0) is 24.5 Å². The van der Waals surface area contributed by atoms with Crippen molar-refractivity contribution in [2.24, 2.45) is 0 Å². The molecular formula is C18H21NO2. The zero-order chi connectivity index (χ0) is 15.1. The fourth-order valence-corrected chi connectivity index (χ4v) is 2.16. The molecule has 0 radical (unpaired) electrons. The summed E-state index contributed by atoms with van der Waals surface area (Å²) < 4.78 is 5.30. The van der Waals surface area contributed by atoms with Gasteiger partial charge in [-0.3, -0.25) is 0 Å². The summed E-state index contributed by atoms with van der Waals surface area (Å²) in [5.74, 6) is 0. The molecule has 21 heavy (non-hydrogen) atoms. The Balaban J connectivity index is 1.97. The fraction of sp³-hybridized carbons (Fsp3) is 0.278. The summed E-state index contributed by atoms with van der Waals surface area (Å²) in [4.78, 5) is 12.0. The first-order valence-corrected chi connectivity index (χ1v) is 7.18. The van der Waals surface area contributed by atoms with Gasteiger partial charge in [-0.1, -0.05) is 67.6 Å². The maximum absolute atomic E-state index is 12.0. The van der Waals surface area contributed by atoms with Gasteiger partial charge < -0.3 is 10.1 Å². The van der Waals surface area contributed by atoms with Crippen LogP contribution >= 0.6 is 0 Å². The van der Waals surface area contributed by atoms with Gasteiger partial charge >= 0.3 is 6.09 Å². The molecule has 0 fully saturated rings. The van der Waals surface area contributed by atoms with Crippen molar-refractivity contribution in [3.8, 4) is 0 Å². The molecule has 0 spiro atoms. The van der Waals surface area contributed by atoms with E-state index < -0.39 is 11.6 Å². The molecule has 2 aromatic rings. The predicted molar refractivity (Wildman–Crippen MR) is 83.8 cm³/mol. The number of alkyl carbamates (subject to hydrolysis) is 1. The number of nitrogens with one attached hydrogen (secondary N) is 1. The lowest BCUT2D eigenvalue weighted by Crippen LogP contribution is -2.43. The number of benzene rings is 2. The van der Waals surface area contributed by atoms with Crippen LogP contribution in [-0.4, -0.2) is 6.09 Å². The van der Waals surface area contributed by atoms with Crippen LogP contribution in [0.15, 0.2) is 60.7 Å². The number of amides is 1. The van der Waals surface area contributed by atoms with Gasteiger partial charge in [0.05, 0.1) is 5.54 Å². The van der Waals surface area contributed by atoms with Gasteiger partial charge in [0.1, 0.15) is 6.61 Å². The van der Waals surface area contributed by atoms with Crippen LogP contribution in [0.3, 0.4) is 0 Å². The summed E-state index contributed by atoms with van der Waals surface area (Å²) >= 11 is 0. The number of carbonyl (C=O) groups excluding carboxylic acids is 1. The molecule has 1 atom stereocenters. The molecule has 0 aliphatic heterocycles. The van der Waals surface area contributed by atoms with E-state index in [1.165, 1.54) is 0 Å². The number of rotatable bonds is 5. The van der Waals surface area contributed by atoms with Crippen molar-refractivity contribution >= 4 is 6.09 Å². The highest BCUT2D eigenvalue weighted by Gasteiger charge is 2.26. The summed E-state index contributed by atoms with van der Waals surface area (Å²) in [6.45, 7) is 4.33. The maximum Gasteiger partial charge on any atom is 0.408 e. The average molecular weight is 283 g/mol. The molecule has 3 heteroatoms. The summed E-state index contributed by atoms with van der Waals surface area (Å²) in [5, 5.41) is 2.97. The van der Waals surface area contributed by atoms with E-state index in [-0.39, 0.29) is 6.61 Å². The number of carbonyl (C=O) groups is 1. The SMILES string of the molecule is CC[C@](C)(NC(=O)OCc1ccccc1)c1ccccc1. The van der Waals surface area contributed by atoms with Gasteiger partial charge in [0.25, 0.3) is 0 Å². The Hall–Kier alpha value is -2.29. The molecule has 0 aromatic heterocycles. The Morgan fingerprint density at radius 3 is 2.19 bits per heavy atom. The molecule has 0 aliphatic carbocycles. The van der Waals surface area contributed by atoms with E-state index in [9.17, 15) is 4.79 Å². The van der Waals surface area contributed by atoms with E-state index in [0.29, 0.717) is 0 Å². The van der Waals surface area contributed by atoms with E-state index in [1.54, 1.807) is 0 Å². The molecule has 2 rings (SSSR count). The molecule has 0 unspecified atom stereocenters. The predicted octanol–water partition coefficient (Wildman–Crippen LogP) is 4.24. The number of hydrogen-bond acceptors (Lipinski definition) is 2. The van der Waals surface area contributed by atoms with Crippen molar-refractivity contribution < 1.29 is 9.53 Å². The van der Waals surface area contributed by atoms with Crippen molar-refractivity contribution in [2.75, 3.05) is 0 Å². The van der Waals surface area contributed by atoms with Crippen LogP contribution in [0, 0.1) is 0 Å². The van der Waals surface area contributed by atoms with Crippen LogP contribution in [0.2, 0.25) is 0 Å². The van der Waals surface area contributed by atoms with E-state index in [1.807, 2.05) is 74.5 Å². The largest absolute Gasteiger partial charge is 0.445 e. The van der Waals surface area contributed by atoms with Crippen LogP contribution in [0.4, 0.5) is 4.79 Å². The van der Waals surface area contributed by atoms with E-state index in [4.69, 9.17) is 4.74 Å². The van der Waals surface area contributed by atoms with Crippen molar-refractivity contribution in [2.45, 2.75) is 32.4 Å². The second kappa shape index (κ2) is 6.93. The van der Waals surface area contributed by atoms with Gasteiger partial charge in [0.2, 0.25) is 0 Å². The highest BCUT2D eigenvalue weighted by molar-refractivity contribution is 5.68. The average Bonchev–Trinajstić information content (AvgIpc) is 2.54. The van der Waals surface area contributed by atoms with Gasteiger partial charge in [0, 0.05) is 0 Å².